The highest BCUT2D eigenvalue weighted by molar-refractivity contribution is 7.98. The Labute approximate surface area is 148 Å². The third-order valence-electron chi connectivity index (χ3n) is 3.22. The molecule has 0 aliphatic heterocycles. The summed E-state index contributed by atoms with van der Waals surface area (Å²) in [5.74, 6) is -1.46. The zero-order valence-corrected chi connectivity index (χ0v) is 13.5. The molecule has 0 saturated carbocycles. The van der Waals surface area contributed by atoms with Crippen LogP contribution < -0.4 is 0 Å². The minimum Gasteiger partial charge on any atom is -0.478 e. The number of nitro groups is 3. The number of thioether (sulfide) groups is 1. The molecule has 2 rings (SSSR count). The third-order valence-corrected chi connectivity index (χ3v) is 4.42. The number of carbonyl (C=O) groups is 1. The van der Waals surface area contributed by atoms with Crippen LogP contribution in [0.4, 0.5) is 17.1 Å². The summed E-state index contributed by atoms with van der Waals surface area (Å²) in [6.45, 7) is 0. The number of hydrogen-bond acceptors (Lipinski definition) is 8. The molecule has 0 bridgehead atoms. The molecular weight excluding hydrogens is 370 g/mol. The van der Waals surface area contributed by atoms with Crippen molar-refractivity contribution in [1.82, 2.24) is 0 Å². The number of nitrogens with zero attached hydrogens (tertiary/aromatic N) is 3. The molecule has 11 nitrogen and oxygen atoms in total. The van der Waals surface area contributed by atoms with Crippen molar-refractivity contribution in [1.29, 1.82) is 0 Å². The lowest BCUT2D eigenvalue weighted by Crippen LogP contribution is -2.04. The van der Waals surface area contributed by atoms with Gasteiger partial charge in [-0.2, -0.15) is 0 Å². The van der Waals surface area contributed by atoms with E-state index in [4.69, 9.17) is 0 Å². The molecule has 134 valence electrons. The number of non-ortho nitro benzene ring substituents is 2. The first-order valence-corrected chi connectivity index (χ1v) is 7.75. The summed E-state index contributed by atoms with van der Waals surface area (Å²) in [4.78, 5) is 41.4. The minimum atomic E-state index is -1.54. The maximum absolute atomic E-state index is 11.4. The second-order valence-corrected chi connectivity index (χ2v) is 5.86. The van der Waals surface area contributed by atoms with Gasteiger partial charge in [-0.15, -0.1) is 11.8 Å². The van der Waals surface area contributed by atoms with Crippen LogP contribution in [-0.2, 0) is 5.75 Å². The second kappa shape index (κ2) is 7.57. The maximum Gasteiger partial charge on any atom is 0.337 e. The molecular formula is C14H9N3O8S. The molecule has 2 aromatic carbocycles. The molecule has 0 radical (unpaired) electrons. The summed E-state index contributed by atoms with van der Waals surface area (Å²) in [6, 6.07) is 6.82. The summed E-state index contributed by atoms with van der Waals surface area (Å²) < 4.78 is 0. The van der Waals surface area contributed by atoms with Crippen LogP contribution in [0.2, 0.25) is 0 Å². The molecule has 0 spiro atoms. The van der Waals surface area contributed by atoms with Crippen LogP contribution in [0.25, 0.3) is 0 Å². The Bertz CT molecular complexity index is 878. The van der Waals surface area contributed by atoms with Crippen molar-refractivity contribution >= 4 is 34.8 Å². The lowest BCUT2D eigenvalue weighted by Gasteiger charge is -2.07. The van der Waals surface area contributed by atoms with Crippen molar-refractivity contribution in [3.8, 4) is 0 Å². The van der Waals surface area contributed by atoms with Crippen molar-refractivity contribution in [2.75, 3.05) is 0 Å². The maximum atomic E-state index is 11.4. The van der Waals surface area contributed by atoms with Crippen LogP contribution in [0, 0.1) is 30.3 Å². The first kappa shape index (κ1) is 18.8. The van der Waals surface area contributed by atoms with Gasteiger partial charge in [0, 0.05) is 24.0 Å². The number of carboxylic acid groups (broad SMARTS) is 1. The second-order valence-electron chi connectivity index (χ2n) is 4.87. The fraction of sp³-hybridized carbons (Fsp3) is 0.0714. The normalized spacial score (nSPS) is 10.3. The fourth-order valence-electron chi connectivity index (χ4n) is 2.02. The molecule has 1 N–H and O–H groups in total. The van der Waals surface area contributed by atoms with E-state index in [9.17, 15) is 40.2 Å². The molecule has 12 heteroatoms. The zero-order valence-electron chi connectivity index (χ0n) is 12.7. The Morgan fingerprint density at radius 1 is 0.923 bits per heavy atom. The topological polar surface area (TPSA) is 167 Å². The van der Waals surface area contributed by atoms with Crippen molar-refractivity contribution < 1.29 is 24.7 Å². The predicted molar refractivity (Wildman–Crippen MR) is 89.4 cm³/mol. The fourth-order valence-corrected chi connectivity index (χ4v) is 3.11. The summed E-state index contributed by atoms with van der Waals surface area (Å²) in [5, 5.41) is 41.9. The van der Waals surface area contributed by atoms with Gasteiger partial charge in [0.05, 0.1) is 26.4 Å². The van der Waals surface area contributed by atoms with Gasteiger partial charge in [0.1, 0.15) is 4.90 Å². The van der Waals surface area contributed by atoms with Gasteiger partial charge in [-0.25, -0.2) is 4.79 Å². The average molecular weight is 379 g/mol. The van der Waals surface area contributed by atoms with Gasteiger partial charge in [-0.05, 0) is 5.56 Å². The van der Waals surface area contributed by atoms with Gasteiger partial charge < -0.3 is 5.11 Å². The SMILES string of the molecule is O=C(O)c1cc([N+](=O)[O-])cc([N+](=O)[O-])c1SCc1ccc([N+](=O)[O-])cc1. The summed E-state index contributed by atoms with van der Waals surface area (Å²) in [5.41, 5.74) is -1.52. The molecule has 0 heterocycles. The highest BCUT2D eigenvalue weighted by atomic mass is 32.2. The van der Waals surface area contributed by atoms with Crippen molar-refractivity contribution in [3.63, 3.8) is 0 Å². The Balaban J connectivity index is 2.40. The lowest BCUT2D eigenvalue weighted by atomic mass is 10.1. The van der Waals surface area contributed by atoms with E-state index in [1.807, 2.05) is 0 Å². The Morgan fingerprint density at radius 3 is 1.96 bits per heavy atom. The molecule has 0 amide bonds. The summed E-state index contributed by atoms with van der Waals surface area (Å²) in [7, 11) is 0. The molecule has 0 aliphatic carbocycles. The number of benzene rings is 2. The van der Waals surface area contributed by atoms with Crippen molar-refractivity contribution in [2.24, 2.45) is 0 Å². The number of aromatic carboxylic acids is 1. The molecule has 2 aromatic rings. The molecule has 0 fully saturated rings. The van der Waals surface area contributed by atoms with E-state index in [1.165, 1.54) is 24.3 Å². The highest BCUT2D eigenvalue weighted by Crippen LogP contribution is 2.38. The van der Waals surface area contributed by atoms with Gasteiger partial charge in [0.25, 0.3) is 17.1 Å². The Kier molecular flexibility index (Phi) is 5.47. The van der Waals surface area contributed by atoms with Gasteiger partial charge >= 0.3 is 5.97 Å². The minimum absolute atomic E-state index is 0.0803. The molecule has 26 heavy (non-hydrogen) atoms. The van der Waals surface area contributed by atoms with E-state index in [2.05, 4.69) is 0 Å². The van der Waals surface area contributed by atoms with Gasteiger partial charge in [0.15, 0.2) is 0 Å². The third kappa shape index (κ3) is 4.10. The molecule has 0 aliphatic rings. The van der Waals surface area contributed by atoms with E-state index >= 15 is 0 Å². The smallest absolute Gasteiger partial charge is 0.337 e. The number of carboxylic acids is 1. The van der Waals surface area contributed by atoms with Crippen molar-refractivity contribution in [3.05, 3.63) is 77.9 Å². The van der Waals surface area contributed by atoms with Crippen LogP contribution in [-0.4, -0.2) is 25.8 Å². The van der Waals surface area contributed by atoms with Gasteiger partial charge in [-0.3, -0.25) is 30.3 Å². The monoisotopic (exact) mass is 379 g/mol. The molecule has 0 unspecified atom stereocenters. The predicted octanol–water partition coefficient (Wildman–Crippen LogP) is 3.40. The number of rotatable bonds is 7. The van der Waals surface area contributed by atoms with E-state index in [0.29, 0.717) is 11.6 Å². The largest absolute Gasteiger partial charge is 0.478 e. The van der Waals surface area contributed by atoms with E-state index in [1.54, 1.807) is 0 Å². The standard InChI is InChI=1S/C14H9N3O8S/c18-14(19)11-5-10(16(22)23)6-12(17(24)25)13(11)26-7-8-1-3-9(4-2-8)15(20)21/h1-6H,7H2,(H,18,19). The van der Waals surface area contributed by atoms with Crippen LogP contribution in [0.3, 0.4) is 0 Å². The molecule has 0 atom stereocenters. The van der Waals surface area contributed by atoms with E-state index in [0.717, 1.165) is 17.8 Å². The van der Waals surface area contributed by atoms with Crippen LogP contribution in [0.15, 0.2) is 41.3 Å². The zero-order chi connectivity index (χ0) is 19.4. The first-order valence-electron chi connectivity index (χ1n) is 6.77. The van der Waals surface area contributed by atoms with Gasteiger partial charge in [0.2, 0.25) is 0 Å². The summed E-state index contributed by atoms with van der Waals surface area (Å²) >= 11 is 0.803. The Hall–Kier alpha value is -3.54. The van der Waals surface area contributed by atoms with Gasteiger partial charge in [-0.1, -0.05) is 12.1 Å². The number of nitro benzene ring substituents is 3. The van der Waals surface area contributed by atoms with E-state index in [-0.39, 0.29) is 16.3 Å². The first-order chi connectivity index (χ1) is 12.2. The Morgan fingerprint density at radius 2 is 1.50 bits per heavy atom. The molecule has 0 saturated heterocycles. The van der Waals surface area contributed by atoms with Crippen LogP contribution >= 0.6 is 11.8 Å². The van der Waals surface area contributed by atoms with Crippen LogP contribution in [0.5, 0.6) is 0 Å². The lowest BCUT2D eigenvalue weighted by molar-refractivity contribution is -0.396. The molecule has 0 aromatic heterocycles. The number of hydrogen-bond donors (Lipinski definition) is 1. The highest BCUT2D eigenvalue weighted by Gasteiger charge is 2.27. The van der Waals surface area contributed by atoms with Crippen LogP contribution in [0.1, 0.15) is 15.9 Å². The average Bonchev–Trinajstić information content (AvgIpc) is 2.59. The summed E-state index contributed by atoms with van der Waals surface area (Å²) in [6.07, 6.45) is 0. The quantitative estimate of drug-likeness (QED) is 0.430. The van der Waals surface area contributed by atoms with E-state index < -0.39 is 37.7 Å². The van der Waals surface area contributed by atoms with Crippen molar-refractivity contribution in [2.45, 2.75) is 10.6 Å².